The summed E-state index contributed by atoms with van der Waals surface area (Å²) < 4.78 is 2.01. The van der Waals surface area contributed by atoms with Crippen LogP contribution in [-0.4, -0.2) is 46.5 Å². The molecule has 1 fully saturated rings. The molecular formula is C19H22ClN7. The Kier molecular flexibility index (Phi) is 5.11. The Bertz CT molecular complexity index is 919. The average molecular weight is 384 g/mol. The Hall–Kier alpha value is -2.80. The van der Waals surface area contributed by atoms with Gasteiger partial charge in [0.15, 0.2) is 5.96 Å². The van der Waals surface area contributed by atoms with E-state index in [2.05, 4.69) is 30.5 Å². The summed E-state index contributed by atoms with van der Waals surface area (Å²) in [5.41, 5.74) is 1.91. The third-order valence-corrected chi connectivity index (χ3v) is 4.94. The van der Waals surface area contributed by atoms with Crippen molar-refractivity contribution >= 4 is 29.0 Å². The minimum Gasteiger partial charge on any atom is -0.353 e. The minimum atomic E-state index is 0.287. The summed E-state index contributed by atoms with van der Waals surface area (Å²) in [7, 11) is 1.78. The molecule has 1 aliphatic rings. The van der Waals surface area contributed by atoms with Gasteiger partial charge in [-0.2, -0.15) is 0 Å². The second-order valence-electron chi connectivity index (χ2n) is 6.51. The maximum Gasteiger partial charge on any atom is 0.191 e. The van der Waals surface area contributed by atoms with Crippen LogP contribution < -0.4 is 15.5 Å². The fourth-order valence-corrected chi connectivity index (χ4v) is 3.56. The number of hydrogen-bond donors (Lipinski definition) is 2. The first kappa shape index (κ1) is 17.6. The maximum atomic E-state index is 6.27. The molecule has 1 saturated heterocycles. The molecule has 0 radical (unpaired) electrons. The zero-order valence-corrected chi connectivity index (χ0v) is 15.9. The fourth-order valence-electron chi connectivity index (χ4n) is 3.32. The highest BCUT2D eigenvalue weighted by Gasteiger charge is 2.25. The Balaban J connectivity index is 1.33. The van der Waals surface area contributed by atoms with Crippen LogP contribution in [0.5, 0.6) is 0 Å². The molecule has 27 heavy (non-hydrogen) atoms. The second kappa shape index (κ2) is 7.84. The second-order valence-corrected chi connectivity index (χ2v) is 6.92. The van der Waals surface area contributed by atoms with Crippen molar-refractivity contribution in [3.8, 4) is 0 Å². The number of pyridine rings is 2. The van der Waals surface area contributed by atoms with E-state index in [1.807, 2.05) is 47.1 Å². The molecule has 0 aliphatic carbocycles. The first-order chi connectivity index (χ1) is 13.2. The Morgan fingerprint density at radius 2 is 2.26 bits per heavy atom. The predicted octanol–water partition coefficient (Wildman–Crippen LogP) is 2.33. The van der Waals surface area contributed by atoms with Crippen LogP contribution in [0.3, 0.4) is 0 Å². The number of halogens is 1. The smallest absolute Gasteiger partial charge is 0.191 e. The zero-order valence-electron chi connectivity index (χ0n) is 15.1. The Morgan fingerprint density at radius 3 is 3.07 bits per heavy atom. The van der Waals surface area contributed by atoms with Crippen LogP contribution in [0.1, 0.15) is 12.1 Å². The van der Waals surface area contributed by atoms with Gasteiger partial charge in [0.25, 0.3) is 0 Å². The molecular weight excluding hydrogens is 362 g/mol. The first-order valence-corrected chi connectivity index (χ1v) is 9.36. The Morgan fingerprint density at radius 1 is 1.33 bits per heavy atom. The lowest BCUT2D eigenvalue weighted by molar-refractivity contribution is 0.647. The minimum absolute atomic E-state index is 0.287. The molecule has 2 N–H and O–H groups in total. The molecule has 4 heterocycles. The molecule has 0 spiro atoms. The maximum absolute atomic E-state index is 6.27. The van der Waals surface area contributed by atoms with Crippen molar-refractivity contribution in [2.45, 2.75) is 19.0 Å². The molecule has 0 aromatic carbocycles. The van der Waals surface area contributed by atoms with E-state index in [0.717, 1.165) is 42.6 Å². The molecule has 0 amide bonds. The van der Waals surface area contributed by atoms with Crippen LogP contribution in [0.4, 0.5) is 5.82 Å². The zero-order chi connectivity index (χ0) is 18.6. The summed E-state index contributed by atoms with van der Waals surface area (Å²) in [6.45, 7) is 2.37. The summed E-state index contributed by atoms with van der Waals surface area (Å²) in [5, 5.41) is 7.51. The van der Waals surface area contributed by atoms with Crippen LogP contribution in [0.2, 0.25) is 5.02 Å². The Labute approximate surface area is 163 Å². The van der Waals surface area contributed by atoms with Crippen molar-refractivity contribution in [1.82, 2.24) is 25.0 Å². The highest BCUT2D eigenvalue weighted by Crippen LogP contribution is 2.25. The van der Waals surface area contributed by atoms with Crippen LogP contribution in [0.15, 0.2) is 53.9 Å². The number of fused-ring (bicyclic) bond motifs is 1. The van der Waals surface area contributed by atoms with Gasteiger partial charge in [-0.15, -0.1) is 0 Å². The molecule has 3 aromatic heterocycles. The van der Waals surface area contributed by atoms with E-state index >= 15 is 0 Å². The van der Waals surface area contributed by atoms with Gasteiger partial charge in [-0.25, -0.2) is 9.97 Å². The number of nitrogens with zero attached hydrogens (tertiary/aromatic N) is 5. The molecule has 4 rings (SSSR count). The van der Waals surface area contributed by atoms with E-state index < -0.39 is 0 Å². The lowest BCUT2D eigenvalue weighted by Gasteiger charge is -2.20. The van der Waals surface area contributed by atoms with Crippen molar-refractivity contribution in [2.24, 2.45) is 4.99 Å². The highest BCUT2D eigenvalue weighted by atomic mass is 35.5. The fraction of sp³-hybridized carbons (Fsp3) is 0.316. The number of hydrogen-bond acceptors (Lipinski definition) is 4. The number of aromatic nitrogens is 3. The SMILES string of the molecule is CN=C(NCc1cn2ccccc2n1)NC1CCN(c2ncccc2Cl)C1. The van der Waals surface area contributed by atoms with Crippen molar-refractivity contribution in [1.29, 1.82) is 0 Å². The van der Waals surface area contributed by atoms with E-state index in [9.17, 15) is 0 Å². The van der Waals surface area contributed by atoms with Gasteiger partial charge in [-0.05, 0) is 30.7 Å². The molecule has 0 bridgehead atoms. The van der Waals surface area contributed by atoms with Gasteiger partial charge >= 0.3 is 0 Å². The van der Waals surface area contributed by atoms with Crippen LogP contribution >= 0.6 is 11.6 Å². The van der Waals surface area contributed by atoms with Crippen molar-refractivity contribution in [3.63, 3.8) is 0 Å². The average Bonchev–Trinajstić information content (AvgIpc) is 3.32. The van der Waals surface area contributed by atoms with Gasteiger partial charge in [-0.1, -0.05) is 17.7 Å². The third kappa shape index (κ3) is 3.98. The normalized spacial score (nSPS) is 17.5. The molecule has 1 atom stereocenters. The van der Waals surface area contributed by atoms with Crippen molar-refractivity contribution < 1.29 is 0 Å². The largest absolute Gasteiger partial charge is 0.353 e. The van der Waals surface area contributed by atoms with Crippen molar-refractivity contribution in [2.75, 3.05) is 25.0 Å². The summed E-state index contributed by atoms with van der Waals surface area (Å²) in [6.07, 6.45) is 6.80. The lowest BCUT2D eigenvalue weighted by atomic mass is 10.3. The van der Waals surface area contributed by atoms with Gasteiger partial charge in [0.05, 0.1) is 17.3 Å². The summed E-state index contributed by atoms with van der Waals surface area (Å²) in [4.78, 5) is 15.5. The number of anilines is 1. The topological polar surface area (TPSA) is 69.8 Å². The third-order valence-electron chi connectivity index (χ3n) is 4.64. The summed E-state index contributed by atoms with van der Waals surface area (Å²) in [5.74, 6) is 1.61. The summed E-state index contributed by atoms with van der Waals surface area (Å²) >= 11 is 6.27. The number of aliphatic imine (C=N–C) groups is 1. The van der Waals surface area contributed by atoms with E-state index in [-0.39, 0.29) is 6.04 Å². The van der Waals surface area contributed by atoms with E-state index in [0.29, 0.717) is 11.6 Å². The number of nitrogens with one attached hydrogen (secondary N) is 2. The molecule has 1 unspecified atom stereocenters. The van der Waals surface area contributed by atoms with Crippen molar-refractivity contribution in [3.05, 3.63) is 59.6 Å². The number of imidazole rings is 1. The first-order valence-electron chi connectivity index (χ1n) is 8.98. The van der Waals surface area contributed by atoms with Gasteiger partial charge in [0.2, 0.25) is 0 Å². The van der Waals surface area contributed by atoms with Gasteiger partial charge < -0.3 is 19.9 Å². The highest BCUT2D eigenvalue weighted by molar-refractivity contribution is 6.32. The van der Waals surface area contributed by atoms with Gasteiger partial charge in [-0.3, -0.25) is 4.99 Å². The summed E-state index contributed by atoms with van der Waals surface area (Å²) in [6, 6.07) is 9.98. The quantitative estimate of drug-likeness (QED) is 0.534. The molecule has 0 saturated carbocycles. The van der Waals surface area contributed by atoms with Crippen LogP contribution in [0, 0.1) is 0 Å². The van der Waals surface area contributed by atoms with Crippen LogP contribution in [0.25, 0.3) is 5.65 Å². The van der Waals surface area contributed by atoms with Gasteiger partial charge in [0, 0.05) is 44.8 Å². The molecule has 140 valence electrons. The van der Waals surface area contributed by atoms with E-state index in [1.165, 1.54) is 0 Å². The molecule has 3 aromatic rings. The monoisotopic (exact) mass is 383 g/mol. The lowest BCUT2D eigenvalue weighted by Crippen LogP contribution is -2.44. The van der Waals surface area contributed by atoms with Crippen LogP contribution in [-0.2, 0) is 6.54 Å². The van der Waals surface area contributed by atoms with E-state index in [4.69, 9.17) is 11.6 Å². The number of guanidine groups is 1. The molecule has 1 aliphatic heterocycles. The molecule has 7 nitrogen and oxygen atoms in total. The van der Waals surface area contributed by atoms with Gasteiger partial charge in [0.1, 0.15) is 11.5 Å². The molecule has 8 heteroatoms. The standard InChI is InChI=1S/C19H22ClN7/c1-21-19(23-11-15-13-26-9-3-2-6-17(26)24-15)25-14-7-10-27(12-14)18-16(20)5-4-8-22-18/h2-6,8-9,13-14H,7,10-12H2,1H3,(H2,21,23,25). The van der Waals surface area contributed by atoms with E-state index in [1.54, 1.807) is 13.2 Å². The number of rotatable bonds is 4. The predicted molar refractivity (Wildman–Crippen MR) is 108 cm³/mol.